The Labute approximate surface area is 95.4 Å². The Bertz CT molecular complexity index is 327. The minimum Gasteiger partial charge on any atom is -0.368 e. The van der Waals surface area contributed by atoms with Crippen molar-refractivity contribution in [3.05, 3.63) is 0 Å². The van der Waals surface area contributed by atoms with E-state index < -0.39 is 21.5 Å². The van der Waals surface area contributed by atoms with Crippen LogP contribution in [0, 0.1) is 5.92 Å². The van der Waals surface area contributed by atoms with E-state index in [0.717, 1.165) is 0 Å². The lowest BCUT2D eigenvalue weighted by Crippen LogP contribution is -2.53. The van der Waals surface area contributed by atoms with Crippen LogP contribution in [0.25, 0.3) is 0 Å². The SMILES string of the molecule is CC(CCl)CS(=O)(=O)NC(C)(C)C(N)=O. The number of nitrogens with one attached hydrogen (secondary N) is 1. The molecular formula is C8H17ClN2O3S. The third-order valence-electron chi connectivity index (χ3n) is 1.79. The lowest BCUT2D eigenvalue weighted by atomic mass is 10.1. The van der Waals surface area contributed by atoms with Crippen molar-refractivity contribution in [3.63, 3.8) is 0 Å². The molecule has 1 unspecified atom stereocenters. The molecule has 0 aliphatic rings. The van der Waals surface area contributed by atoms with Crippen LogP contribution < -0.4 is 10.5 Å². The molecule has 1 amide bonds. The molecule has 0 aromatic carbocycles. The average Bonchev–Trinajstić information content (AvgIpc) is 2.00. The summed E-state index contributed by atoms with van der Waals surface area (Å²) >= 11 is 5.51. The lowest BCUT2D eigenvalue weighted by Gasteiger charge is -2.22. The number of amides is 1. The fourth-order valence-electron chi connectivity index (χ4n) is 0.900. The molecule has 0 aromatic heterocycles. The van der Waals surface area contributed by atoms with Crippen molar-refractivity contribution in [2.45, 2.75) is 26.3 Å². The first kappa shape index (κ1) is 14.7. The molecule has 3 N–H and O–H groups in total. The van der Waals surface area contributed by atoms with Gasteiger partial charge in [0.05, 0.1) is 5.75 Å². The molecule has 7 heteroatoms. The second kappa shape index (κ2) is 5.14. The number of rotatable bonds is 6. The van der Waals surface area contributed by atoms with Crippen molar-refractivity contribution in [1.82, 2.24) is 4.72 Å². The van der Waals surface area contributed by atoms with E-state index in [-0.39, 0.29) is 17.6 Å². The number of alkyl halides is 1. The summed E-state index contributed by atoms with van der Waals surface area (Å²) in [5, 5.41) is 0. The van der Waals surface area contributed by atoms with Crippen molar-refractivity contribution >= 4 is 27.5 Å². The molecule has 0 fully saturated rings. The van der Waals surface area contributed by atoms with E-state index in [9.17, 15) is 13.2 Å². The molecule has 90 valence electrons. The Hall–Kier alpha value is -0.330. The van der Waals surface area contributed by atoms with Gasteiger partial charge in [-0.2, -0.15) is 0 Å². The van der Waals surface area contributed by atoms with Crippen molar-refractivity contribution in [1.29, 1.82) is 0 Å². The first-order valence-corrected chi connectivity index (χ1v) is 6.67. The summed E-state index contributed by atoms with van der Waals surface area (Å²) in [4.78, 5) is 10.9. The van der Waals surface area contributed by atoms with Crippen molar-refractivity contribution < 1.29 is 13.2 Å². The summed E-state index contributed by atoms with van der Waals surface area (Å²) in [5.41, 5.74) is 3.78. The molecule has 0 aliphatic heterocycles. The highest BCUT2D eigenvalue weighted by molar-refractivity contribution is 7.89. The lowest BCUT2D eigenvalue weighted by molar-refractivity contribution is -0.122. The van der Waals surface area contributed by atoms with Crippen LogP contribution in [0.5, 0.6) is 0 Å². The summed E-state index contributed by atoms with van der Waals surface area (Å²) in [6, 6.07) is 0. The molecule has 15 heavy (non-hydrogen) atoms. The fraction of sp³-hybridized carbons (Fsp3) is 0.875. The van der Waals surface area contributed by atoms with Gasteiger partial charge in [-0.25, -0.2) is 13.1 Å². The maximum atomic E-state index is 11.5. The van der Waals surface area contributed by atoms with Crippen LogP contribution in [0.1, 0.15) is 20.8 Å². The van der Waals surface area contributed by atoms with E-state index in [1.165, 1.54) is 13.8 Å². The predicted octanol–water partition coefficient (Wildman–Crippen LogP) is 0.0446. The van der Waals surface area contributed by atoms with Gasteiger partial charge in [-0.15, -0.1) is 11.6 Å². The normalized spacial score (nSPS) is 14.9. The highest BCUT2D eigenvalue weighted by atomic mass is 35.5. The first-order chi connectivity index (χ1) is 6.60. The molecule has 0 bridgehead atoms. The molecule has 0 aliphatic carbocycles. The van der Waals surface area contributed by atoms with Crippen LogP contribution in [-0.4, -0.2) is 31.5 Å². The summed E-state index contributed by atoms with van der Waals surface area (Å²) in [6.45, 7) is 4.54. The topological polar surface area (TPSA) is 89.3 Å². The zero-order chi connectivity index (χ0) is 12.3. The molecular weight excluding hydrogens is 240 g/mol. The number of halogens is 1. The second-order valence-corrected chi connectivity index (χ2v) is 6.21. The van der Waals surface area contributed by atoms with E-state index in [0.29, 0.717) is 0 Å². The van der Waals surface area contributed by atoms with Crippen LogP contribution >= 0.6 is 11.6 Å². The largest absolute Gasteiger partial charge is 0.368 e. The van der Waals surface area contributed by atoms with Crippen molar-refractivity contribution in [2.24, 2.45) is 11.7 Å². The monoisotopic (exact) mass is 256 g/mol. The van der Waals surface area contributed by atoms with E-state index in [4.69, 9.17) is 17.3 Å². The van der Waals surface area contributed by atoms with Crippen LogP contribution in [0.15, 0.2) is 0 Å². The predicted molar refractivity (Wildman–Crippen MR) is 60.1 cm³/mol. The number of primary amides is 1. The average molecular weight is 257 g/mol. The molecule has 5 nitrogen and oxygen atoms in total. The summed E-state index contributed by atoms with van der Waals surface area (Å²) in [7, 11) is -3.53. The molecule has 0 saturated carbocycles. The van der Waals surface area contributed by atoms with Crippen molar-refractivity contribution in [2.75, 3.05) is 11.6 Å². The van der Waals surface area contributed by atoms with Crippen LogP contribution in [0.2, 0.25) is 0 Å². The van der Waals surface area contributed by atoms with Gasteiger partial charge in [-0.3, -0.25) is 4.79 Å². The van der Waals surface area contributed by atoms with Gasteiger partial charge >= 0.3 is 0 Å². The van der Waals surface area contributed by atoms with Gasteiger partial charge < -0.3 is 5.73 Å². The number of carbonyl (C=O) groups excluding carboxylic acids is 1. The standard InChI is InChI=1S/C8H17ClN2O3S/c1-6(4-9)5-15(13,14)11-8(2,3)7(10)12/h6,11H,4-5H2,1-3H3,(H2,10,12). The Morgan fingerprint density at radius 1 is 1.53 bits per heavy atom. The van der Waals surface area contributed by atoms with E-state index in [1.54, 1.807) is 6.92 Å². The number of hydrogen-bond acceptors (Lipinski definition) is 3. The molecule has 0 saturated heterocycles. The van der Waals surface area contributed by atoms with Gasteiger partial charge in [0, 0.05) is 5.88 Å². The Morgan fingerprint density at radius 2 is 2.00 bits per heavy atom. The highest BCUT2D eigenvalue weighted by Gasteiger charge is 2.30. The molecule has 1 atom stereocenters. The molecule has 0 spiro atoms. The van der Waals surface area contributed by atoms with Gasteiger partial charge in [0.2, 0.25) is 15.9 Å². The summed E-state index contributed by atoms with van der Waals surface area (Å²) in [5.74, 6) is -0.761. The fourth-order valence-corrected chi connectivity index (χ4v) is 2.97. The minimum atomic E-state index is -3.53. The quantitative estimate of drug-likeness (QED) is 0.658. The van der Waals surface area contributed by atoms with Crippen molar-refractivity contribution in [3.8, 4) is 0 Å². The smallest absolute Gasteiger partial charge is 0.238 e. The molecule has 0 aromatic rings. The molecule has 0 rings (SSSR count). The number of nitrogens with two attached hydrogens (primary N) is 1. The first-order valence-electron chi connectivity index (χ1n) is 4.48. The van der Waals surface area contributed by atoms with E-state index in [2.05, 4.69) is 4.72 Å². The van der Waals surface area contributed by atoms with Crippen LogP contribution in [0.4, 0.5) is 0 Å². The Balaban J connectivity index is 4.59. The maximum Gasteiger partial charge on any atom is 0.238 e. The van der Waals surface area contributed by atoms with Gasteiger partial charge in [0.1, 0.15) is 5.54 Å². The zero-order valence-corrected chi connectivity index (χ0v) is 10.7. The third-order valence-corrected chi connectivity index (χ3v) is 4.15. The van der Waals surface area contributed by atoms with Gasteiger partial charge in [-0.05, 0) is 19.8 Å². The zero-order valence-electron chi connectivity index (χ0n) is 9.08. The summed E-state index contributed by atoms with van der Waals surface area (Å²) in [6.07, 6.45) is 0. The summed E-state index contributed by atoms with van der Waals surface area (Å²) < 4.78 is 25.3. The van der Waals surface area contributed by atoms with Crippen LogP contribution in [0.3, 0.4) is 0 Å². The maximum absolute atomic E-state index is 11.5. The number of hydrogen-bond donors (Lipinski definition) is 2. The van der Waals surface area contributed by atoms with Gasteiger partial charge in [0.25, 0.3) is 0 Å². The van der Waals surface area contributed by atoms with Gasteiger partial charge in [0.15, 0.2) is 0 Å². The molecule has 0 radical (unpaired) electrons. The van der Waals surface area contributed by atoms with Crippen LogP contribution in [-0.2, 0) is 14.8 Å². The third kappa shape index (κ3) is 5.34. The number of sulfonamides is 1. The van der Waals surface area contributed by atoms with E-state index in [1.807, 2.05) is 0 Å². The Morgan fingerprint density at radius 3 is 2.33 bits per heavy atom. The van der Waals surface area contributed by atoms with E-state index >= 15 is 0 Å². The minimum absolute atomic E-state index is 0.118. The van der Waals surface area contributed by atoms with Gasteiger partial charge in [-0.1, -0.05) is 6.92 Å². The highest BCUT2D eigenvalue weighted by Crippen LogP contribution is 2.07. The second-order valence-electron chi connectivity index (χ2n) is 4.13. The molecule has 0 heterocycles. The Kier molecular flexibility index (Phi) is 5.02. The number of carbonyl (C=O) groups is 1.